The Morgan fingerprint density at radius 2 is 2.08 bits per heavy atom. The van der Waals surface area contributed by atoms with E-state index in [0.29, 0.717) is 16.1 Å². The number of anilines is 1. The molecule has 1 aromatic rings. The number of carbonyl (C=O) groups is 1. The maximum absolute atomic E-state index is 10.8. The molecule has 0 fully saturated rings. The largest absolute Gasteiger partial charge is 0.398 e. The molecule has 0 aliphatic heterocycles. The Bertz CT molecular complexity index is 297. The van der Waals surface area contributed by atoms with Crippen molar-refractivity contribution in [2.45, 2.75) is 19.2 Å². The molecule has 12 heavy (non-hydrogen) atoms. The molecule has 0 aliphatic rings. The molecule has 66 valence electrons. The molecule has 1 aromatic carbocycles. The average molecular weight is 183 g/mol. The summed E-state index contributed by atoms with van der Waals surface area (Å²) in [6.07, 6.45) is 0. The lowest BCUT2D eigenvalue weighted by Crippen LogP contribution is -1.94. The zero-order valence-electron chi connectivity index (χ0n) is 6.16. The van der Waals surface area contributed by atoms with Crippen molar-refractivity contribution < 1.29 is 4.79 Å². The number of hydrogen-bond acceptors (Lipinski definition) is 3. The standard InChI is InChI=1S/C8H9NOS.CH4/c1-5(10)6-2-3-8(11)7(9)4-6;/h2-4,11H,9H2,1H3;1H4. The lowest BCUT2D eigenvalue weighted by Gasteiger charge is -1.99. The molecule has 0 aliphatic carbocycles. The van der Waals surface area contributed by atoms with Gasteiger partial charge in [-0.3, -0.25) is 4.79 Å². The van der Waals surface area contributed by atoms with Gasteiger partial charge in [-0.1, -0.05) is 13.5 Å². The second-order valence-corrected chi connectivity index (χ2v) is 2.81. The number of benzene rings is 1. The highest BCUT2D eigenvalue weighted by molar-refractivity contribution is 7.80. The van der Waals surface area contributed by atoms with Gasteiger partial charge in [-0.15, -0.1) is 12.6 Å². The first-order valence-electron chi connectivity index (χ1n) is 3.20. The second kappa shape index (κ2) is 4.16. The van der Waals surface area contributed by atoms with Gasteiger partial charge in [0.15, 0.2) is 5.78 Å². The van der Waals surface area contributed by atoms with Gasteiger partial charge in [-0.2, -0.15) is 0 Å². The van der Waals surface area contributed by atoms with Crippen LogP contribution >= 0.6 is 12.6 Å². The number of ketones is 1. The molecule has 0 amide bonds. The van der Waals surface area contributed by atoms with Gasteiger partial charge in [0.1, 0.15) is 0 Å². The Balaban J connectivity index is 0.00000121. The fraction of sp³-hybridized carbons (Fsp3) is 0.222. The van der Waals surface area contributed by atoms with Crippen molar-refractivity contribution in [3.8, 4) is 0 Å². The predicted molar refractivity (Wildman–Crippen MR) is 54.8 cm³/mol. The summed E-state index contributed by atoms with van der Waals surface area (Å²) < 4.78 is 0. The average Bonchev–Trinajstić information content (AvgIpc) is 1.94. The Morgan fingerprint density at radius 1 is 1.50 bits per heavy atom. The zero-order chi connectivity index (χ0) is 8.43. The highest BCUT2D eigenvalue weighted by Crippen LogP contribution is 2.17. The van der Waals surface area contributed by atoms with Crippen LogP contribution < -0.4 is 5.73 Å². The van der Waals surface area contributed by atoms with Crippen LogP contribution in [0, 0.1) is 0 Å². The van der Waals surface area contributed by atoms with Crippen molar-refractivity contribution in [2.24, 2.45) is 0 Å². The van der Waals surface area contributed by atoms with Gasteiger partial charge in [0.05, 0.1) is 0 Å². The van der Waals surface area contributed by atoms with Crippen LogP contribution in [-0.2, 0) is 0 Å². The van der Waals surface area contributed by atoms with Gasteiger partial charge in [0, 0.05) is 16.1 Å². The van der Waals surface area contributed by atoms with Crippen LogP contribution in [0.2, 0.25) is 0 Å². The highest BCUT2D eigenvalue weighted by Gasteiger charge is 2.00. The van der Waals surface area contributed by atoms with Crippen LogP contribution in [0.1, 0.15) is 24.7 Å². The van der Waals surface area contributed by atoms with E-state index in [0.717, 1.165) is 0 Å². The minimum absolute atomic E-state index is 0. The molecule has 0 saturated carbocycles. The van der Waals surface area contributed by atoms with Crippen molar-refractivity contribution in [1.29, 1.82) is 0 Å². The second-order valence-electron chi connectivity index (χ2n) is 2.33. The van der Waals surface area contributed by atoms with Crippen LogP contribution in [0.25, 0.3) is 0 Å². The maximum Gasteiger partial charge on any atom is 0.159 e. The van der Waals surface area contributed by atoms with Crippen molar-refractivity contribution in [3.05, 3.63) is 23.8 Å². The number of nitrogens with two attached hydrogens (primary N) is 1. The lowest BCUT2D eigenvalue weighted by molar-refractivity contribution is 0.101. The van der Waals surface area contributed by atoms with Gasteiger partial charge in [-0.05, 0) is 19.1 Å². The first kappa shape index (κ1) is 11.0. The van der Waals surface area contributed by atoms with E-state index >= 15 is 0 Å². The fourth-order valence-corrected chi connectivity index (χ4v) is 0.913. The smallest absolute Gasteiger partial charge is 0.159 e. The summed E-state index contributed by atoms with van der Waals surface area (Å²) in [4.78, 5) is 11.5. The number of nitrogen functional groups attached to an aromatic ring is 1. The Kier molecular flexibility index (Phi) is 3.83. The number of carbonyl (C=O) groups excluding carboxylic acids is 1. The lowest BCUT2D eigenvalue weighted by atomic mass is 10.1. The molecule has 0 heterocycles. The van der Waals surface area contributed by atoms with E-state index in [1.165, 1.54) is 6.92 Å². The van der Waals surface area contributed by atoms with Crippen LogP contribution in [-0.4, -0.2) is 5.78 Å². The Labute approximate surface area is 78.2 Å². The first-order chi connectivity index (χ1) is 5.11. The summed E-state index contributed by atoms with van der Waals surface area (Å²) in [5, 5.41) is 0. The summed E-state index contributed by atoms with van der Waals surface area (Å²) in [6, 6.07) is 5.06. The van der Waals surface area contributed by atoms with Crippen molar-refractivity contribution in [3.63, 3.8) is 0 Å². The third-order valence-electron chi connectivity index (χ3n) is 1.43. The van der Waals surface area contributed by atoms with E-state index in [1.807, 2.05) is 0 Å². The zero-order valence-corrected chi connectivity index (χ0v) is 7.06. The first-order valence-corrected chi connectivity index (χ1v) is 3.65. The topological polar surface area (TPSA) is 43.1 Å². The van der Waals surface area contributed by atoms with E-state index in [1.54, 1.807) is 18.2 Å². The molecule has 3 heteroatoms. The van der Waals surface area contributed by atoms with E-state index in [2.05, 4.69) is 12.6 Å². The third-order valence-corrected chi connectivity index (χ3v) is 1.84. The molecule has 0 bridgehead atoms. The number of hydrogen-bond donors (Lipinski definition) is 2. The van der Waals surface area contributed by atoms with Crippen molar-refractivity contribution in [2.75, 3.05) is 5.73 Å². The summed E-state index contributed by atoms with van der Waals surface area (Å²) in [5.41, 5.74) is 6.70. The SMILES string of the molecule is C.CC(=O)c1ccc(S)c(N)c1. The van der Waals surface area contributed by atoms with Gasteiger partial charge in [0.25, 0.3) is 0 Å². The van der Waals surface area contributed by atoms with E-state index in [4.69, 9.17) is 5.73 Å². The Morgan fingerprint density at radius 3 is 2.50 bits per heavy atom. The van der Waals surface area contributed by atoms with Crippen molar-refractivity contribution >= 4 is 24.1 Å². The van der Waals surface area contributed by atoms with Gasteiger partial charge in [0.2, 0.25) is 0 Å². The molecular formula is C9H13NOS. The summed E-state index contributed by atoms with van der Waals surface area (Å²) in [6.45, 7) is 1.51. The molecule has 0 unspecified atom stereocenters. The van der Waals surface area contributed by atoms with E-state index in [9.17, 15) is 4.79 Å². The van der Waals surface area contributed by atoms with Gasteiger partial charge >= 0.3 is 0 Å². The fourth-order valence-electron chi connectivity index (χ4n) is 0.774. The van der Waals surface area contributed by atoms with Crippen LogP contribution in [0.5, 0.6) is 0 Å². The molecule has 2 nitrogen and oxygen atoms in total. The molecule has 1 rings (SSSR count). The third kappa shape index (κ3) is 2.27. The Hall–Kier alpha value is -0.960. The highest BCUT2D eigenvalue weighted by atomic mass is 32.1. The van der Waals surface area contributed by atoms with Crippen LogP contribution in [0.15, 0.2) is 23.1 Å². The molecule has 0 spiro atoms. The quantitative estimate of drug-likeness (QED) is 0.399. The van der Waals surface area contributed by atoms with Crippen LogP contribution in [0.3, 0.4) is 0 Å². The van der Waals surface area contributed by atoms with E-state index in [-0.39, 0.29) is 13.2 Å². The number of Topliss-reactive ketones (excluding diaryl/α,β-unsaturated/α-hetero) is 1. The molecule has 0 atom stereocenters. The van der Waals surface area contributed by atoms with Gasteiger partial charge in [-0.25, -0.2) is 0 Å². The monoisotopic (exact) mass is 183 g/mol. The summed E-state index contributed by atoms with van der Waals surface area (Å²) in [5.74, 6) is 0.0185. The molecule has 2 N–H and O–H groups in total. The van der Waals surface area contributed by atoms with Crippen molar-refractivity contribution in [1.82, 2.24) is 0 Å². The summed E-state index contributed by atoms with van der Waals surface area (Å²) >= 11 is 4.08. The molecular weight excluding hydrogens is 170 g/mol. The predicted octanol–water partition coefficient (Wildman–Crippen LogP) is 2.40. The minimum Gasteiger partial charge on any atom is -0.398 e. The molecule has 0 aromatic heterocycles. The normalized spacial score (nSPS) is 8.83. The van der Waals surface area contributed by atoms with Gasteiger partial charge < -0.3 is 5.73 Å². The molecule has 0 saturated heterocycles. The molecule has 0 radical (unpaired) electrons. The summed E-state index contributed by atoms with van der Waals surface area (Å²) in [7, 11) is 0. The maximum atomic E-state index is 10.8. The van der Waals surface area contributed by atoms with Crippen LogP contribution in [0.4, 0.5) is 5.69 Å². The minimum atomic E-state index is 0. The number of thiol groups is 1. The number of rotatable bonds is 1. The van der Waals surface area contributed by atoms with E-state index < -0.39 is 0 Å².